The molecule has 19 heavy (non-hydrogen) atoms. The van der Waals surface area contributed by atoms with E-state index < -0.39 is 5.54 Å². The molecule has 0 aliphatic carbocycles. The van der Waals surface area contributed by atoms with Gasteiger partial charge in [0.1, 0.15) is 0 Å². The van der Waals surface area contributed by atoms with Gasteiger partial charge in [0.2, 0.25) is 0 Å². The topological polar surface area (TPSA) is 86.7 Å². The fourth-order valence-corrected chi connectivity index (χ4v) is 2.21. The fraction of sp³-hybridized carbons (Fsp3) is 1.00. The van der Waals surface area contributed by atoms with Crippen molar-refractivity contribution in [3.05, 3.63) is 0 Å². The van der Waals surface area contributed by atoms with Gasteiger partial charge in [-0.3, -0.25) is 0 Å². The van der Waals surface area contributed by atoms with E-state index in [2.05, 4.69) is 0 Å². The molecule has 0 spiro atoms. The van der Waals surface area contributed by atoms with Crippen molar-refractivity contribution in [1.29, 1.82) is 0 Å². The second-order valence-electron chi connectivity index (χ2n) is 5.69. The number of rotatable bonds is 14. The average molecular weight is 275 g/mol. The molecule has 0 aromatic heterocycles. The Morgan fingerprint density at radius 3 is 1.32 bits per heavy atom. The Bertz CT molecular complexity index is 184. The summed E-state index contributed by atoms with van der Waals surface area (Å²) in [6, 6.07) is 0. The molecule has 0 aromatic carbocycles. The largest absolute Gasteiger partial charge is 0.396 e. The van der Waals surface area contributed by atoms with E-state index in [0.717, 1.165) is 25.7 Å². The summed E-state index contributed by atoms with van der Waals surface area (Å²) in [4.78, 5) is 0. The van der Waals surface area contributed by atoms with Crippen molar-refractivity contribution in [2.24, 2.45) is 5.73 Å². The Hall–Kier alpha value is -0.160. The van der Waals surface area contributed by atoms with Crippen LogP contribution in [0.1, 0.15) is 70.6 Å². The van der Waals surface area contributed by atoms with Crippen LogP contribution in [0.25, 0.3) is 0 Å². The number of aliphatic hydroxyl groups is 3. The maximum Gasteiger partial charge on any atom is 0.0633 e. The second-order valence-corrected chi connectivity index (χ2v) is 5.69. The van der Waals surface area contributed by atoms with E-state index in [1.807, 2.05) is 0 Å². The first-order valence-electron chi connectivity index (χ1n) is 7.80. The van der Waals surface area contributed by atoms with Crippen LogP contribution in [0.3, 0.4) is 0 Å². The highest BCUT2D eigenvalue weighted by molar-refractivity contribution is 4.81. The molecule has 0 fully saturated rings. The van der Waals surface area contributed by atoms with E-state index >= 15 is 0 Å². The summed E-state index contributed by atoms with van der Waals surface area (Å²) in [6.45, 7) is 0.0407. The van der Waals surface area contributed by atoms with Gasteiger partial charge in [0.05, 0.1) is 18.8 Å². The van der Waals surface area contributed by atoms with E-state index in [0.29, 0.717) is 13.0 Å². The van der Waals surface area contributed by atoms with E-state index in [-0.39, 0.29) is 13.2 Å². The van der Waals surface area contributed by atoms with Crippen LogP contribution in [0, 0.1) is 0 Å². The van der Waals surface area contributed by atoms with Crippen LogP contribution in [0.5, 0.6) is 0 Å². The summed E-state index contributed by atoms with van der Waals surface area (Å²) in [6.07, 6.45) is 12.5. The SMILES string of the molecule is NC(CO)(CO)CCCCCCCCCCCCO. The zero-order valence-electron chi connectivity index (χ0n) is 12.3. The van der Waals surface area contributed by atoms with E-state index in [1.165, 1.54) is 38.5 Å². The zero-order chi connectivity index (χ0) is 14.4. The van der Waals surface area contributed by atoms with E-state index in [4.69, 9.17) is 21.1 Å². The summed E-state index contributed by atoms with van der Waals surface area (Å²) in [5.74, 6) is 0. The van der Waals surface area contributed by atoms with Crippen LogP contribution in [0.15, 0.2) is 0 Å². The second kappa shape index (κ2) is 12.9. The number of unbranched alkanes of at least 4 members (excludes halogenated alkanes) is 9. The number of aliphatic hydroxyl groups excluding tert-OH is 3. The third kappa shape index (κ3) is 11.4. The molecule has 0 atom stereocenters. The predicted molar refractivity (Wildman–Crippen MR) is 79.0 cm³/mol. The number of hydrogen-bond donors (Lipinski definition) is 4. The minimum atomic E-state index is -0.785. The minimum absolute atomic E-state index is 0.142. The van der Waals surface area contributed by atoms with Crippen LogP contribution in [-0.2, 0) is 0 Å². The first-order chi connectivity index (χ1) is 9.18. The molecular formula is C15H33NO3. The van der Waals surface area contributed by atoms with Crippen molar-refractivity contribution in [2.75, 3.05) is 19.8 Å². The monoisotopic (exact) mass is 275 g/mol. The molecule has 0 amide bonds. The van der Waals surface area contributed by atoms with Crippen molar-refractivity contribution in [3.8, 4) is 0 Å². The third-order valence-electron chi connectivity index (χ3n) is 3.71. The maximum absolute atomic E-state index is 9.05. The molecule has 0 aliphatic heterocycles. The van der Waals surface area contributed by atoms with Crippen LogP contribution >= 0.6 is 0 Å². The number of nitrogens with two attached hydrogens (primary N) is 1. The molecule has 0 unspecified atom stereocenters. The number of hydrogen-bond acceptors (Lipinski definition) is 4. The van der Waals surface area contributed by atoms with Gasteiger partial charge < -0.3 is 21.1 Å². The Balaban J connectivity index is 3.19. The van der Waals surface area contributed by atoms with Gasteiger partial charge in [0.25, 0.3) is 0 Å². The van der Waals surface area contributed by atoms with Crippen molar-refractivity contribution < 1.29 is 15.3 Å². The quantitative estimate of drug-likeness (QED) is 0.365. The maximum atomic E-state index is 9.05. The van der Waals surface area contributed by atoms with Gasteiger partial charge in [0, 0.05) is 6.61 Å². The first kappa shape index (κ1) is 18.8. The third-order valence-corrected chi connectivity index (χ3v) is 3.71. The van der Waals surface area contributed by atoms with E-state index in [9.17, 15) is 0 Å². The van der Waals surface area contributed by atoms with Crippen molar-refractivity contribution in [3.63, 3.8) is 0 Å². The van der Waals surface area contributed by atoms with Crippen molar-refractivity contribution in [2.45, 2.75) is 76.2 Å². The Labute approximate surface area is 118 Å². The lowest BCUT2D eigenvalue weighted by atomic mass is 9.94. The van der Waals surface area contributed by atoms with Crippen LogP contribution < -0.4 is 5.73 Å². The average Bonchev–Trinajstić information content (AvgIpc) is 2.44. The summed E-state index contributed by atoms with van der Waals surface area (Å²) in [5.41, 5.74) is 5.01. The van der Waals surface area contributed by atoms with Gasteiger partial charge in [0.15, 0.2) is 0 Å². The molecule has 0 heterocycles. The van der Waals surface area contributed by atoms with Gasteiger partial charge in [-0.2, -0.15) is 0 Å². The molecule has 5 N–H and O–H groups in total. The van der Waals surface area contributed by atoms with Gasteiger partial charge in [-0.05, 0) is 12.8 Å². The lowest BCUT2D eigenvalue weighted by Gasteiger charge is -2.24. The molecule has 0 aliphatic rings. The normalized spacial score (nSPS) is 12.0. The van der Waals surface area contributed by atoms with Crippen molar-refractivity contribution >= 4 is 0 Å². The van der Waals surface area contributed by atoms with Gasteiger partial charge in [-0.1, -0.05) is 57.8 Å². The Morgan fingerprint density at radius 2 is 0.947 bits per heavy atom. The molecule has 0 bridgehead atoms. The molecule has 0 saturated heterocycles. The molecule has 0 radical (unpaired) electrons. The first-order valence-corrected chi connectivity index (χ1v) is 7.80. The molecular weight excluding hydrogens is 242 g/mol. The highest BCUT2D eigenvalue weighted by Gasteiger charge is 2.21. The molecule has 116 valence electrons. The van der Waals surface area contributed by atoms with Gasteiger partial charge in [-0.25, -0.2) is 0 Å². The minimum Gasteiger partial charge on any atom is -0.396 e. The summed E-state index contributed by atoms with van der Waals surface area (Å²) >= 11 is 0. The lowest BCUT2D eigenvalue weighted by molar-refractivity contribution is 0.112. The predicted octanol–water partition coefficient (Wildman–Crippen LogP) is 1.95. The van der Waals surface area contributed by atoms with Crippen LogP contribution in [0.4, 0.5) is 0 Å². The molecule has 0 rings (SSSR count). The molecule has 4 heteroatoms. The van der Waals surface area contributed by atoms with Crippen LogP contribution in [-0.4, -0.2) is 40.7 Å². The Morgan fingerprint density at radius 1 is 0.579 bits per heavy atom. The van der Waals surface area contributed by atoms with E-state index in [1.54, 1.807) is 0 Å². The fourth-order valence-electron chi connectivity index (χ4n) is 2.21. The zero-order valence-corrected chi connectivity index (χ0v) is 12.3. The molecule has 0 saturated carbocycles. The summed E-state index contributed by atoms with van der Waals surface area (Å²) < 4.78 is 0. The smallest absolute Gasteiger partial charge is 0.0633 e. The molecule has 0 aromatic rings. The molecule has 4 nitrogen and oxygen atoms in total. The van der Waals surface area contributed by atoms with Crippen molar-refractivity contribution in [1.82, 2.24) is 0 Å². The highest BCUT2D eigenvalue weighted by Crippen LogP contribution is 2.14. The standard InChI is InChI=1S/C15H33NO3/c16-15(13-18,14-19)11-9-7-5-3-1-2-4-6-8-10-12-17/h17-19H,1-14,16H2. The van der Waals surface area contributed by atoms with Crippen LogP contribution in [0.2, 0.25) is 0 Å². The Kier molecular flexibility index (Phi) is 12.7. The lowest BCUT2D eigenvalue weighted by Crippen LogP contribution is -2.47. The van der Waals surface area contributed by atoms with Gasteiger partial charge >= 0.3 is 0 Å². The van der Waals surface area contributed by atoms with Gasteiger partial charge in [-0.15, -0.1) is 0 Å². The highest BCUT2D eigenvalue weighted by atomic mass is 16.3. The summed E-state index contributed by atoms with van der Waals surface area (Å²) in [7, 11) is 0. The summed E-state index contributed by atoms with van der Waals surface area (Å²) in [5, 5.41) is 26.7.